The Morgan fingerprint density at radius 1 is 1.23 bits per heavy atom. The Labute approximate surface area is 149 Å². The number of para-hydroxylation sites is 1. The van der Waals surface area contributed by atoms with Crippen LogP contribution in [0.1, 0.15) is 5.56 Å². The van der Waals surface area contributed by atoms with Crippen molar-refractivity contribution in [3.63, 3.8) is 0 Å². The van der Waals surface area contributed by atoms with Crippen LogP contribution >= 0.6 is 0 Å². The van der Waals surface area contributed by atoms with E-state index in [0.717, 1.165) is 5.69 Å². The lowest BCUT2D eigenvalue weighted by Gasteiger charge is -2.11. The van der Waals surface area contributed by atoms with Gasteiger partial charge in [0.2, 0.25) is 0 Å². The number of hydrazone groups is 1. The molecule has 0 radical (unpaired) electrons. The van der Waals surface area contributed by atoms with Crippen LogP contribution in [0, 0.1) is 10.1 Å². The zero-order chi connectivity index (χ0) is 18.9. The summed E-state index contributed by atoms with van der Waals surface area (Å²) in [5, 5.41) is 15.3. The van der Waals surface area contributed by atoms with Gasteiger partial charge in [0.1, 0.15) is 0 Å². The van der Waals surface area contributed by atoms with E-state index in [1.54, 1.807) is 12.1 Å². The Balaban J connectivity index is 2.27. The normalized spacial score (nSPS) is 10.4. The first-order valence-electron chi connectivity index (χ1n) is 7.45. The number of carbonyl (C=O) groups is 1. The highest BCUT2D eigenvalue weighted by Gasteiger charge is 2.19. The van der Waals surface area contributed by atoms with E-state index in [9.17, 15) is 14.9 Å². The van der Waals surface area contributed by atoms with Crippen LogP contribution in [0.2, 0.25) is 0 Å². The molecule has 0 bridgehead atoms. The van der Waals surface area contributed by atoms with Gasteiger partial charge in [0.05, 0.1) is 42.7 Å². The van der Waals surface area contributed by atoms with Gasteiger partial charge in [-0.25, -0.2) is 4.79 Å². The predicted molar refractivity (Wildman–Crippen MR) is 94.8 cm³/mol. The second-order valence-electron chi connectivity index (χ2n) is 4.92. The molecule has 0 heterocycles. The van der Waals surface area contributed by atoms with Crippen LogP contribution < -0.4 is 14.9 Å². The minimum absolute atomic E-state index is 0.0535. The van der Waals surface area contributed by atoms with E-state index < -0.39 is 17.5 Å². The van der Waals surface area contributed by atoms with Crippen molar-refractivity contribution in [2.75, 3.05) is 26.3 Å². The van der Waals surface area contributed by atoms with E-state index in [1.165, 1.54) is 32.6 Å². The lowest BCUT2D eigenvalue weighted by atomic mass is 10.1. The number of hydrogen-bond acceptors (Lipinski definition) is 8. The van der Waals surface area contributed by atoms with Crippen LogP contribution in [-0.4, -0.2) is 37.9 Å². The van der Waals surface area contributed by atoms with Crippen LogP contribution in [-0.2, 0) is 9.53 Å². The Morgan fingerprint density at radius 3 is 2.58 bits per heavy atom. The van der Waals surface area contributed by atoms with E-state index in [-0.39, 0.29) is 22.7 Å². The van der Waals surface area contributed by atoms with E-state index in [0.29, 0.717) is 0 Å². The molecule has 0 aliphatic heterocycles. The minimum atomic E-state index is -0.618. The van der Waals surface area contributed by atoms with Crippen LogP contribution in [0.4, 0.5) is 11.4 Å². The molecule has 0 saturated heterocycles. The fraction of sp³-hybridized carbons (Fsp3) is 0.176. The predicted octanol–water partition coefficient (Wildman–Crippen LogP) is 2.60. The summed E-state index contributed by atoms with van der Waals surface area (Å²) in [4.78, 5) is 22.0. The zero-order valence-electron chi connectivity index (χ0n) is 14.2. The number of carbonyl (C=O) groups excluding carboxylic acids is 1. The van der Waals surface area contributed by atoms with E-state index in [4.69, 9.17) is 9.47 Å². The second kappa shape index (κ2) is 9.02. The molecule has 9 nitrogen and oxygen atoms in total. The maximum absolute atomic E-state index is 11.3. The molecule has 0 spiro atoms. The molecule has 0 amide bonds. The number of hydrogen-bond donors (Lipinski definition) is 1. The highest BCUT2D eigenvalue weighted by Crippen LogP contribution is 2.34. The third kappa shape index (κ3) is 4.94. The molecule has 0 unspecified atom stereocenters. The summed E-state index contributed by atoms with van der Waals surface area (Å²) in [5.41, 5.74) is 3.47. The molecule has 2 rings (SSSR count). The van der Waals surface area contributed by atoms with Crippen molar-refractivity contribution in [1.29, 1.82) is 0 Å². The Hall–Kier alpha value is -3.62. The highest BCUT2D eigenvalue weighted by atomic mass is 16.6. The van der Waals surface area contributed by atoms with Gasteiger partial charge < -0.3 is 14.2 Å². The molecular formula is C17H17N3O6. The third-order valence-electron chi connectivity index (χ3n) is 3.25. The number of anilines is 1. The number of rotatable bonds is 8. The molecule has 0 fully saturated rings. The number of methoxy groups -OCH3 is 2. The SMILES string of the molecule is COC(=O)COc1cc([N+](=O)[O-])c(C=NNc2ccccc2)cc1OC. The molecule has 0 aromatic heterocycles. The molecular weight excluding hydrogens is 342 g/mol. The molecule has 0 aliphatic rings. The van der Waals surface area contributed by atoms with Crippen LogP contribution in [0.5, 0.6) is 11.5 Å². The summed E-state index contributed by atoms with van der Waals surface area (Å²) in [6, 6.07) is 11.7. The van der Waals surface area contributed by atoms with Crippen molar-refractivity contribution in [1.82, 2.24) is 0 Å². The average Bonchev–Trinajstić information content (AvgIpc) is 2.66. The number of ether oxygens (including phenoxy) is 3. The van der Waals surface area contributed by atoms with Gasteiger partial charge in [0.15, 0.2) is 18.1 Å². The van der Waals surface area contributed by atoms with E-state index >= 15 is 0 Å². The number of nitro benzene ring substituents is 1. The fourth-order valence-corrected chi connectivity index (χ4v) is 1.98. The van der Waals surface area contributed by atoms with Gasteiger partial charge in [-0.1, -0.05) is 18.2 Å². The Kier molecular flexibility index (Phi) is 6.49. The molecule has 1 N–H and O–H groups in total. The molecule has 0 saturated carbocycles. The van der Waals surface area contributed by atoms with Crippen molar-refractivity contribution >= 4 is 23.6 Å². The van der Waals surface area contributed by atoms with Crippen LogP contribution in [0.25, 0.3) is 0 Å². The summed E-state index contributed by atoms with van der Waals surface area (Å²) in [6.07, 6.45) is 1.30. The molecule has 2 aromatic carbocycles. The van der Waals surface area contributed by atoms with Crippen molar-refractivity contribution < 1.29 is 23.9 Å². The van der Waals surface area contributed by atoms with Crippen molar-refractivity contribution in [2.24, 2.45) is 5.10 Å². The average molecular weight is 359 g/mol. The number of nitro groups is 1. The van der Waals surface area contributed by atoms with Gasteiger partial charge in [-0.3, -0.25) is 15.5 Å². The number of nitrogens with one attached hydrogen (secondary N) is 1. The first kappa shape index (κ1) is 18.7. The lowest BCUT2D eigenvalue weighted by molar-refractivity contribution is -0.385. The van der Waals surface area contributed by atoms with Gasteiger partial charge in [0.25, 0.3) is 5.69 Å². The third-order valence-corrected chi connectivity index (χ3v) is 3.25. The van der Waals surface area contributed by atoms with E-state index in [1.807, 2.05) is 18.2 Å². The quantitative estimate of drug-likeness (QED) is 0.334. The number of nitrogens with zero attached hydrogens (tertiary/aromatic N) is 2. The number of esters is 1. The van der Waals surface area contributed by atoms with Crippen LogP contribution in [0.15, 0.2) is 47.6 Å². The van der Waals surface area contributed by atoms with Crippen LogP contribution in [0.3, 0.4) is 0 Å². The monoisotopic (exact) mass is 359 g/mol. The highest BCUT2D eigenvalue weighted by molar-refractivity contribution is 5.87. The first-order chi connectivity index (χ1) is 12.5. The smallest absolute Gasteiger partial charge is 0.343 e. The van der Waals surface area contributed by atoms with E-state index in [2.05, 4.69) is 15.3 Å². The Bertz CT molecular complexity index is 808. The van der Waals surface area contributed by atoms with Crippen molar-refractivity contribution in [2.45, 2.75) is 0 Å². The molecule has 2 aromatic rings. The second-order valence-corrected chi connectivity index (χ2v) is 4.92. The summed E-state index contributed by atoms with van der Waals surface area (Å²) in [7, 11) is 2.60. The van der Waals surface area contributed by atoms with Gasteiger partial charge in [0, 0.05) is 0 Å². The molecule has 26 heavy (non-hydrogen) atoms. The maximum atomic E-state index is 11.3. The van der Waals surface area contributed by atoms with Crippen molar-refractivity contribution in [3.8, 4) is 11.5 Å². The fourth-order valence-electron chi connectivity index (χ4n) is 1.98. The summed E-state index contributed by atoms with van der Waals surface area (Å²) in [5.74, 6) is -0.342. The molecule has 136 valence electrons. The first-order valence-corrected chi connectivity index (χ1v) is 7.45. The maximum Gasteiger partial charge on any atom is 0.343 e. The van der Waals surface area contributed by atoms with Gasteiger partial charge in [-0.15, -0.1) is 0 Å². The minimum Gasteiger partial charge on any atom is -0.493 e. The summed E-state index contributed by atoms with van der Waals surface area (Å²) < 4.78 is 14.9. The standard InChI is InChI=1S/C17H17N3O6/c1-24-15-8-12(10-18-19-13-6-4-3-5-7-13)14(20(22)23)9-16(15)26-11-17(21)25-2/h3-10,19H,11H2,1-2H3. The largest absolute Gasteiger partial charge is 0.493 e. The van der Waals surface area contributed by atoms with Crippen molar-refractivity contribution in [3.05, 3.63) is 58.1 Å². The molecule has 0 aliphatic carbocycles. The molecule has 9 heteroatoms. The van der Waals surface area contributed by atoms with Gasteiger partial charge in [-0.05, 0) is 18.2 Å². The summed E-state index contributed by atoms with van der Waals surface area (Å²) in [6.45, 7) is -0.396. The Morgan fingerprint density at radius 2 is 1.96 bits per heavy atom. The molecule has 0 atom stereocenters. The zero-order valence-corrected chi connectivity index (χ0v) is 14.2. The summed E-state index contributed by atoms with van der Waals surface area (Å²) >= 11 is 0. The lowest BCUT2D eigenvalue weighted by Crippen LogP contribution is -2.13. The topological polar surface area (TPSA) is 112 Å². The number of benzene rings is 2. The van der Waals surface area contributed by atoms with Gasteiger partial charge in [-0.2, -0.15) is 5.10 Å². The van der Waals surface area contributed by atoms with Gasteiger partial charge >= 0.3 is 5.97 Å².